The first kappa shape index (κ1) is 22.2. The predicted octanol–water partition coefficient (Wildman–Crippen LogP) is 2.18. The van der Waals surface area contributed by atoms with Crippen LogP contribution < -0.4 is 14.9 Å². The summed E-state index contributed by atoms with van der Waals surface area (Å²) in [5.41, 5.74) is 3.56. The molecule has 0 atom stereocenters. The summed E-state index contributed by atoms with van der Waals surface area (Å²) in [6.07, 6.45) is 0.697. The molecule has 2 aromatic rings. The maximum atomic E-state index is 12.6. The number of para-hydroxylation sites is 1. The third kappa shape index (κ3) is 5.99. The van der Waals surface area contributed by atoms with E-state index in [1.54, 1.807) is 6.07 Å². The van der Waals surface area contributed by atoms with Crippen LogP contribution in [0.25, 0.3) is 0 Å². The molecule has 160 valence electrons. The second kappa shape index (κ2) is 9.99. The van der Waals surface area contributed by atoms with Gasteiger partial charge in [0.15, 0.2) is 0 Å². The first-order valence-electron chi connectivity index (χ1n) is 9.64. The second-order valence-electron chi connectivity index (χ2n) is 7.02. The number of hydrogen-bond acceptors (Lipinski definition) is 5. The second-order valence-corrected chi connectivity index (χ2v) is 10.0. The highest BCUT2D eigenvalue weighted by Gasteiger charge is 2.28. The minimum Gasteiger partial charge on any atom is -0.354 e. The molecule has 0 bridgehead atoms. The van der Waals surface area contributed by atoms with E-state index in [1.165, 1.54) is 16.1 Å². The summed E-state index contributed by atoms with van der Waals surface area (Å²) in [4.78, 5) is 23.9. The third-order valence-electron chi connectivity index (χ3n) is 4.66. The molecule has 0 aromatic heterocycles. The number of benzene rings is 2. The van der Waals surface area contributed by atoms with Crippen LogP contribution >= 0.6 is 11.8 Å². The van der Waals surface area contributed by atoms with Gasteiger partial charge >= 0.3 is 0 Å². The fourth-order valence-corrected chi connectivity index (χ4v) is 5.22. The van der Waals surface area contributed by atoms with Crippen LogP contribution in [0.3, 0.4) is 0 Å². The summed E-state index contributed by atoms with van der Waals surface area (Å²) in [6.45, 7) is 2.44. The number of carbonyl (C=O) groups is 2. The van der Waals surface area contributed by atoms with Crippen LogP contribution in [0.2, 0.25) is 0 Å². The summed E-state index contributed by atoms with van der Waals surface area (Å²) in [6, 6.07) is 14.9. The van der Waals surface area contributed by atoms with E-state index < -0.39 is 10.0 Å². The van der Waals surface area contributed by atoms with Crippen LogP contribution in [0, 0.1) is 6.92 Å². The van der Waals surface area contributed by atoms with Crippen molar-refractivity contribution in [2.24, 2.45) is 0 Å². The highest BCUT2D eigenvalue weighted by molar-refractivity contribution is 8.00. The molecule has 2 N–H and O–H groups in total. The first-order valence-corrected chi connectivity index (χ1v) is 12.4. The average molecular weight is 448 g/mol. The van der Waals surface area contributed by atoms with E-state index in [1.807, 2.05) is 49.4 Å². The van der Waals surface area contributed by atoms with Gasteiger partial charge in [0.2, 0.25) is 21.8 Å². The van der Waals surface area contributed by atoms with Gasteiger partial charge in [-0.05, 0) is 37.1 Å². The zero-order valence-electron chi connectivity index (χ0n) is 16.8. The van der Waals surface area contributed by atoms with E-state index in [9.17, 15) is 18.0 Å². The minimum absolute atomic E-state index is 0.0377. The van der Waals surface area contributed by atoms with Gasteiger partial charge < -0.3 is 10.6 Å². The maximum absolute atomic E-state index is 12.6. The van der Waals surface area contributed by atoms with Crippen LogP contribution in [0.4, 0.5) is 11.4 Å². The monoisotopic (exact) mass is 447 g/mol. The number of aryl methyl sites for hydroxylation is 1. The lowest BCUT2D eigenvalue weighted by Crippen LogP contribution is -2.37. The Kier molecular flexibility index (Phi) is 7.38. The number of hydrogen-bond donors (Lipinski definition) is 2. The van der Waals surface area contributed by atoms with Gasteiger partial charge in [-0.25, -0.2) is 8.42 Å². The van der Waals surface area contributed by atoms with Crippen LogP contribution in [0.5, 0.6) is 0 Å². The average Bonchev–Trinajstić information content (AvgIpc) is 3.15. The fourth-order valence-electron chi connectivity index (χ4n) is 3.15. The Morgan fingerprint density at radius 2 is 1.73 bits per heavy atom. The Bertz CT molecular complexity index is 1010. The van der Waals surface area contributed by atoms with Crippen molar-refractivity contribution < 1.29 is 18.0 Å². The van der Waals surface area contributed by atoms with Crippen molar-refractivity contribution in [3.63, 3.8) is 0 Å². The summed E-state index contributed by atoms with van der Waals surface area (Å²) in [7, 11) is -3.49. The zero-order chi connectivity index (χ0) is 21.6. The molecule has 1 aliphatic heterocycles. The maximum Gasteiger partial charge on any atom is 0.236 e. The molecule has 0 fully saturated rings. The van der Waals surface area contributed by atoms with Gasteiger partial charge in [0.05, 0.1) is 22.9 Å². The molecule has 0 saturated heterocycles. The Hall–Kier alpha value is -2.52. The molecule has 0 aliphatic carbocycles. The minimum atomic E-state index is -3.49. The Morgan fingerprint density at radius 3 is 2.50 bits per heavy atom. The molecule has 0 spiro atoms. The summed E-state index contributed by atoms with van der Waals surface area (Å²) in [5.74, 6) is -0.406. The number of fused-ring (bicyclic) bond motifs is 1. The molecule has 30 heavy (non-hydrogen) atoms. The first-order chi connectivity index (χ1) is 14.3. The predicted molar refractivity (Wildman–Crippen MR) is 121 cm³/mol. The Balaban J connectivity index is 1.36. The van der Waals surface area contributed by atoms with Crippen molar-refractivity contribution in [2.45, 2.75) is 13.3 Å². The quantitative estimate of drug-likeness (QED) is 0.614. The molecule has 0 saturated carbocycles. The standard InChI is InChI=1S/C21H25N3O4S2/c1-16-6-8-18(9-7-16)23-21(26)15-29-14-20(25)22-11-13-30(27,28)24-12-10-17-4-2-3-5-19(17)24/h2-9H,10-15H2,1H3,(H,22,25)(H,23,26). The third-order valence-corrected chi connectivity index (χ3v) is 7.37. The van der Waals surface area contributed by atoms with E-state index in [4.69, 9.17) is 0 Å². The van der Waals surface area contributed by atoms with Crippen LogP contribution in [0.15, 0.2) is 48.5 Å². The largest absolute Gasteiger partial charge is 0.354 e. The number of rotatable bonds is 9. The molecule has 2 amide bonds. The summed E-state index contributed by atoms with van der Waals surface area (Å²) in [5, 5.41) is 5.39. The van der Waals surface area contributed by atoms with Crippen molar-refractivity contribution in [3.05, 3.63) is 59.7 Å². The van der Waals surface area contributed by atoms with Crippen molar-refractivity contribution in [3.8, 4) is 0 Å². The molecule has 0 radical (unpaired) electrons. The van der Waals surface area contributed by atoms with Crippen LogP contribution in [-0.4, -0.2) is 50.6 Å². The molecular formula is C21H25N3O4S2. The summed E-state index contributed by atoms with van der Waals surface area (Å²) < 4.78 is 26.6. The Morgan fingerprint density at radius 1 is 1.03 bits per heavy atom. The zero-order valence-corrected chi connectivity index (χ0v) is 18.4. The van der Waals surface area contributed by atoms with E-state index in [2.05, 4.69) is 10.6 Å². The topological polar surface area (TPSA) is 95.6 Å². The fraction of sp³-hybridized carbons (Fsp3) is 0.333. The van der Waals surface area contributed by atoms with Gasteiger partial charge in [-0.15, -0.1) is 11.8 Å². The molecule has 1 heterocycles. The van der Waals surface area contributed by atoms with E-state index in [0.717, 1.165) is 16.8 Å². The number of amides is 2. The molecule has 0 unspecified atom stereocenters. The number of anilines is 2. The van der Waals surface area contributed by atoms with E-state index >= 15 is 0 Å². The molecule has 7 nitrogen and oxygen atoms in total. The Labute approximate surface area is 181 Å². The number of nitrogens with one attached hydrogen (secondary N) is 2. The number of nitrogens with zero attached hydrogens (tertiary/aromatic N) is 1. The van der Waals surface area contributed by atoms with Gasteiger partial charge in [0.25, 0.3) is 0 Å². The van der Waals surface area contributed by atoms with Gasteiger partial charge in [-0.1, -0.05) is 35.9 Å². The molecule has 3 rings (SSSR count). The lowest BCUT2D eigenvalue weighted by Gasteiger charge is -2.19. The SMILES string of the molecule is Cc1ccc(NC(=O)CSCC(=O)NCCS(=O)(=O)N2CCc3ccccc32)cc1. The van der Waals surface area contributed by atoms with Crippen molar-refractivity contribution in [2.75, 3.05) is 40.0 Å². The lowest BCUT2D eigenvalue weighted by atomic mass is 10.2. The van der Waals surface area contributed by atoms with Crippen LogP contribution in [-0.2, 0) is 26.0 Å². The van der Waals surface area contributed by atoms with Gasteiger partial charge in [0, 0.05) is 18.8 Å². The van der Waals surface area contributed by atoms with E-state index in [0.29, 0.717) is 18.7 Å². The highest BCUT2D eigenvalue weighted by Crippen LogP contribution is 2.29. The number of thioether (sulfide) groups is 1. The van der Waals surface area contributed by atoms with Gasteiger partial charge in [0.1, 0.15) is 0 Å². The van der Waals surface area contributed by atoms with E-state index in [-0.39, 0.29) is 35.6 Å². The molecule has 1 aliphatic rings. The highest BCUT2D eigenvalue weighted by atomic mass is 32.2. The lowest BCUT2D eigenvalue weighted by molar-refractivity contribution is -0.118. The van der Waals surface area contributed by atoms with Crippen LogP contribution in [0.1, 0.15) is 11.1 Å². The van der Waals surface area contributed by atoms with Gasteiger partial charge in [-0.2, -0.15) is 0 Å². The molecule has 9 heteroatoms. The smallest absolute Gasteiger partial charge is 0.236 e. The molecular weight excluding hydrogens is 422 g/mol. The number of sulfonamides is 1. The number of carbonyl (C=O) groups excluding carboxylic acids is 2. The summed E-state index contributed by atoms with van der Waals surface area (Å²) >= 11 is 1.18. The normalized spacial score (nSPS) is 13.0. The van der Waals surface area contributed by atoms with Crippen molar-refractivity contribution in [1.82, 2.24) is 5.32 Å². The van der Waals surface area contributed by atoms with Gasteiger partial charge in [-0.3, -0.25) is 13.9 Å². The molecule has 2 aromatic carbocycles. The van der Waals surface area contributed by atoms with Crippen molar-refractivity contribution in [1.29, 1.82) is 0 Å². The van der Waals surface area contributed by atoms with Crippen molar-refractivity contribution >= 4 is 45.0 Å².